The van der Waals surface area contributed by atoms with Crippen LogP contribution in [0.2, 0.25) is 0 Å². The lowest BCUT2D eigenvalue weighted by atomic mass is 9.95. The van der Waals surface area contributed by atoms with Gasteiger partial charge < -0.3 is 9.80 Å². The van der Waals surface area contributed by atoms with E-state index in [1.165, 1.54) is 0 Å². The number of hydrogen-bond donors (Lipinski definition) is 0. The maximum Gasteiger partial charge on any atom is 0.417 e. The highest BCUT2D eigenvalue weighted by molar-refractivity contribution is 5.66. The van der Waals surface area contributed by atoms with Crippen LogP contribution in [0.15, 0.2) is 12.3 Å². The molecule has 1 unspecified atom stereocenters. The molecule has 0 spiro atoms. The molecule has 1 saturated heterocycles. The van der Waals surface area contributed by atoms with E-state index >= 15 is 0 Å². The van der Waals surface area contributed by atoms with Crippen LogP contribution in [0.5, 0.6) is 0 Å². The Balaban J connectivity index is 1.70. The average Bonchev–Trinajstić information content (AvgIpc) is 2.68. The van der Waals surface area contributed by atoms with Crippen LogP contribution < -0.4 is 4.90 Å². The molecule has 0 aromatic carbocycles. The molecule has 29 heavy (non-hydrogen) atoms. The number of pyridine rings is 1. The van der Waals surface area contributed by atoms with Crippen molar-refractivity contribution in [2.24, 2.45) is 0 Å². The highest BCUT2D eigenvalue weighted by atomic mass is 19.4. The number of alkyl halides is 3. The molecule has 0 saturated carbocycles. The van der Waals surface area contributed by atoms with Crippen molar-refractivity contribution in [2.75, 3.05) is 31.6 Å². The highest BCUT2D eigenvalue weighted by Crippen LogP contribution is 2.36. The summed E-state index contributed by atoms with van der Waals surface area (Å²) in [6.07, 6.45) is -0.0631. The summed E-state index contributed by atoms with van der Waals surface area (Å²) in [5.41, 5.74) is 0.610. The Morgan fingerprint density at radius 2 is 1.90 bits per heavy atom. The van der Waals surface area contributed by atoms with Crippen LogP contribution in [0.3, 0.4) is 0 Å². The zero-order valence-electron chi connectivity index (χ0n) is 16.4. The van der Waals surface area contributed by atoms with E-state index in [2.05, 4.69) is 32.0 Å². The minimum atomic E-state index is -4.64. The van der Waals surface area contributed by atoms with Crippen LogP contribution >= 0.6 is 0 Å². The van der Waals surface area contributed by atoms with Crippen molar-refractivity contribution in [3.8, 4) is 11.4 Å². The van der Waals surface area contributed by atoms with E-state index in [0.29, 0.717) is 18.3 Å². The second kappa shape index (κ2) is 7.51. The number of aromatic nitrogens is 3. The highest BCUT2D eigenvalue weighted by Gasteiger charge is 2.33. The number of anilines is 1. The summed E-state index contributed by atoms with van der Waals surface area (Å²) < 4.78 is 52.9. The van der Waals surface area contributed by atoms with Crippen molar-refractivity contribution >= 4 is 5.82 Å². The fourth-order valence-electron chi connectivity index (χ4n) is 4.35. The minimum Gasteiger partial charge on any atom is -0.351 e. The molecule has 1 fully saturated rings. The standard InChI is InChI=1S/C20H23F4N5/c1-12-15-6-4-8-29(14-5-3-7-28(2)11-14)19(15)27-26-17(12)18-16(21)9-13(10-25-18)20(22,23)24/h9-10,14H,3-8,11H2,1-2H3. The quantitative estimate of drug-likeness (QED) is 0.705. The van der Waals surface area contributed by atoms with Crippen molar-refractivity contribution in [1.29, 1.82) is 0 Å². The first kappa shape index (κ1) is 20.0. The second-order valence-corrected chi connectivity index (χ2v) is 7.88. The summed E-state index contributed by atoms with van der Waals surface area (Å²) in [5.74, 6) is -0.233. The first-order valence-electron chi connectivity index (χ1n) is 9.80. The van der Waals surface area contributed by atoms with Gasteiger partial charge in [-0.25, -0.2) is 4.39 Å². The summed E-state index contributed by atoms with van der Waals surface area (Å²) >= 11 is 0. The van der Waals surface area contributed by atoms with E-state index in [-0.39, 0.29) is 11.4 Å². The molecule has 0 N–H and O–H groups in total. The summed E-state index contributed by atoms with van der Waals surface area (Å²) in [4.78, 5) is 8.32. The van der Waals surface area contributed by atoms with Crippen LogP contribution in [0.4, 0.5) is 23.4 Å². The Hall–Kier alpha value is -2.29. The van der Waals surface area contributed by atoms with Crippen LogP contribution in [0.1, 0.15) is 36.0 Å². The Labute approximate surface area is 166 Å². The van der Waals surface area contributed by atoms with Gasteiger partial charge >= 0.3 is 6.18 Å². The third kappa shape index (κ3) is 3.80. The molecule has 0 radical (unpaired) electrons. The zero-order chi connectivity index (χ0) is 20.8. The van der Waals surface area contributed by atoms with E-state index in [4.69, 9.17) is 0 Å². The molecule has 4 rings (SSSR count). The molecule has 9 heteroatoms. The average molecular weight is 409 g/mol. The molecular weight excluding hydrogens is 386 g/mol. The molecule has 5 nitrogen and oxygen atoms in total. The smallest absolute Gasteiger partial charge is 0.351 e. The number of rotatable bonds is 2. The number of likely N-dealkylation sites (tertiary alicyclic amines) is 1. The van der Waals surface area contributed by atoms with Crippen molar-refractivity contribution < 1.29 is 17.6 Å². The second-order valence-electron chi connectivity index (χ2n) is 7.88. The largest absolute Gasteiger partial charge is 0.417 e. The van der Waals surface area contributed by atoms with Crippen molar-refractivity contribution in [1.82, 2.24) is 20.1 Å². The fraction of sp³-hybridized carbons (Fsp3) is 0.550. The van der Waals surface area contributed by atoms with Gasteiger partial charge in [0.05, 0.1) is 5.56 Å². The summed E-state index contributed by atoms with van der Waals surface area (Å²) in [7, 11) is 2.11. The van der Waals surface area contributed by atoms with Crippen molar-refractivity contribution in [3.63, 3.8) is 0 Å². The zero-order valence-corrected chi connectivity index (χ0v) is 16.4. The normalized spacial score (nSPS) is 20.6. The lowest BCUT2D eigenvalue weighted by molar-refractivity contribution is -0.138. The first-order chi connectivity index (χ1) is 13.8. The van der Waals surface area contributed by atoms with Crippen LogP contribution in [-0.4, -0.2) is 52.8 Å². The van der Waals surface area contributed by atoms with E-state index in [1.54, 1.807) is 0 Å². The molecular formula is C20H23F4N5. The monoisotopic (exact) mass is 409 g/mol. The summed E-state index contributed by atoms with van der Waals surface area (Å²) in [5, 5.41) is 8.57. The Morgan fingerprint density at radius 3 is 2.59 bits per heavy atom. The number of nitrogens with zero attached hydrogens (tertiary/aromatic N) is 5. The minimum absolute atomic E-state index is 0.194. The summed E-state index contributed by atoms with van der Waals surface area (Å²) in [6.45, 7) is 4.75. The molecule has 2 aromatic heterocycles. The van der Waals surface area contributed by atoms with E-state index < -0.39 is 17.6 Å². The Bertz CT molecular complexity index is 914. The molecule has 4 heterocycles. The fourth-order valence-corrected chi connectivity index (χ4v) is 4.35. The number of likely N-dealkylation sites (N-methyl/N-ethyl adjacent to an activating group) is 1. The van der Waals surface area contributed by atoms with Gasteiger partial charge in [-0.2, -0.15) is 13.2 Å². The van der Waals surface area contributed by atoms with E-state index in [1.807, 2.05) is 6.92 Å². The maximum absolute atomic E-state index is 14.4. The van der Waals surface area contributed by atoms with Crippen LogP contribution in [-0.2, 0) is 12.6 Å². The van der Waals surface area contributed by atoms with Gasteiger partial charge in [-0.05, 0) is 57.8 Å². The predicted octanol–water partition coefficient (Wildman–Crippen LogP) is 3.85. The number of piperidine rings is 1. The van der Waals surface area contributed by atoms with Crippen molar-refractivity contribution in [2.45, 2.75) is 44.8 Å². The van der Waals surface area contributed by atoms with Gasteiger partial charge in [0.2, 0.25) is 0 Å². The van der Waals surface area contributed by atoms with Crippen LogP contribution in [0, 0.1) is 12.7 Å². The van der Waals surface area contributed by atoms with Gasteiger partial charge in [-0.15, -0.1) is 10.2 Å². The molecule has 0 amide bonds. The van der Waals surface area contributed by atoms with E-state index in [0.717, 1.165) is 62.3 Å². The van der Waals surface area contributed by atoms with Gasteiger partial charge in [0.25, 0.3) is 0 Å². The molecule has 2 aliphatic heterocycles. The molecule has 156 valence electrons. The summed E-state index contributed by atoms with van der Waals surface area (Å²) in [6, 6.07) is 0.820. The maximum atomic E-state index is 14.4. The number of halogens is 4. The van der Waals surface area contributed by atoms with Gasteiger partial charge in [0.1, 0.15) is 11.4 Å². The van der Waals surface area contributed by atoms with E-state index in [9.17, 15) is 17.6 Å². The first-order valence-corrected chi connectivity index (χ1v) is 9.80. The molecule has 2 aromatic rings. The predicted molar refractivity (Wildman–Crippen MR) is 101 cm³/mol. The third-order valence-electron chi connectivity index (χ3n) is 5.85. The van der Waals surface area contributed by atoms with Crippen molar-refractivity contribution in [3.05, 3.63) is 34.8 Å². The van der Waals surface area contributed by atoms with Gasteiger partial charge in [-0.3, -0.25) is 4.98 Å². The topological polar surface area (TPSA) is 45.2 Å². The van der Waals surface area contributed by atoms with Gasteiger partial charge in [-0.1, -0.05) is 0 Å². The molecule has 1 atom stereocenters. The molecule has 0 bridgehead atoms. The molecule has 2 aliphatic rings. The Kier molecular flexibility index (Phi) is 5.18. The Morgan fingerprint density at radius 1 is 1.10 bits per heavy atom. The van der Waals surface area contributed by atoms with Gasteiger partial charge in [0.15, 0.2) is 11.6 Å². The number of fused-ring (bicyclic) bond motifs is 1. The lowest BCUT2D eigenvalue weighted by Crippen LogP contribution is -2.49. The van der Waals surface area contributed by atoms with Gasteiger partial charge in [0, 0.05) is 30.9 Å². The van der Waals surface area contributed by atoms with Crippen LogP contribution in [0.25, 0.3) is 11.4 Å². The SMILES string of the molecule is Cc1c(-c2ncc(C(F)(F)F)cc2F)nnc2c1CCCN2C1CCCN(C)C1. The third-order valence-corrected chi connectivity index (χ3v) is 5.85. The molecule has 0 aliphatic carbocycles. The number of hydrogen-bond acceptors (Lipinski definition) is 5. The lowest BCUT2D eigenvalue weighted by Gasteiger charge is -2.41.